The molecule has 0 N–H and O–H groups in total. The first-order chi connectivity index (χ1) is 24.0. The minimum Gasteiger partial charge on any atom is -0.456 e. The lowest BCUT2D eigenvalue weighted by atomic mass is 9.85. The number of fused-ring (bicyclic) bond motifs is 5. The van der Waals surface area contributed by atoms with Crippen LogP contribution in [0.3, 0.4) is 0 Å². The third-order valence-electron chi connectivity index (χ3n) is 8.74. The van der Waals surface area contributed by atoms with Gasteiger partial charge in [0.05, 0.1) is 5.48 Å². The van der Waals surface area contributed by atoms with E-state index in [2.05, 4.69) is 54.6 Å². The highest BCUT2D eigenvalue weighted by atomic mass is 16.3. The second-order valence-electron chi connectivity index (χ2n) is 11.3. The fraction of sp³-hybridized carbons (Fsp3) is 0. The van der Waals surface area contributed by atoms with Crippen molar-refractivity contribution in [3.63, 3.8) is 0 Å². The third-order valence-corrected chi connectivity index (χ3v) is 8.74. The van der Waals surface area contributed by atoms with Gasteiger partial charge in [0.2, 0.25) is 0 Å². The quantitative estimate of drug-likeness (QED) is 0.190. The molecule has 0 atom stereocenters. The molecule has 0 fully saturated rings. The van der Waals surface area contributed by atoms with Crippen molar-refractivity contribution in [1.82, 2.24) is 0 Å². The van der Waals surface area contributed by atoms with Crippen LogP contribution in [0.25, 0.3) is 88.0 Å². The van der Waals surface area contributed by atoms with Crippen LogP contribution < -0.4 is 0 Å². The Morgan fingerprint density at radius 2 is 0.889 bits per heavy atom. The van der Waals surface area contributed by atoms with Crippen LogP contribution in [-0.2, 0) is 0 Å². The zero-order valence-corrected chi connectivity index (χ0v) is 24.3. The highest BCUT2D eigenvalue weighted by Crippen LogP contribution is 2.45. The zero-order valence-electron chi connectivity index (χ0n) is 28.3. The lowest BCUT2D eigenvalue weighted by Crippen LogP contribution is -1.91. The highest BCUT2D eigenvalue weighted by Gasteiger charge is 2.18. The Bertz CT molecular complexity index is 2690. The lowest BCUT2D eigenvalue weighted by molar-refractivity contribution is 0.669. The van der Waals surface area contributed by atoms with E-state index in [1.165, 1.54) is 0 Å². The van der Waals surface area contributed by atoms with Gasteiger partial charge in [-0.15, -0.1) is 0 Å². The van der Waals surface area contributed by atoms with Gasteiger partial charge in [-0.1, -0.05) is 139 Å². The monoisotopic (exact) mass is 576 g/mol. The van der Waals surface area contributed by atoms with E-state index in [4.69, 9.17) is 8.53 Å². The molecule has 0 amide bonds. The van der Waals surface area contributed by atoms with E-state index >= 15 is 0 Å². The molecule has 9 aromatic rings. The van der Waals surface area contributed by atoms with Crippen molar-refractivity contribution < 1.29 is 9.90 Å². The lowest BCUT2D eigenvalue weighted by Gasteiger charge is -2.18. The number of furan rings is 1. The van der Waals surface area contributed by atoms with Gasteiger partial charge >= 0.3 is 0 Å². The van der Waals surface area contributed by atoms with E-state index in [0.29, 0.717) is 16.7 Å². The van der Waals surface area contributed by atoms with E-state index < -0.39 is 0 Å². The number of benzene rings is 8. The maximum Gasteiger partial charge on any atom is 0.136 e. The van der Waals surface area contributed by atoms with Gasteiger partial charge in [-0.2, -0.15) is 0 Å². The molecule has 8 aromatic carbocycles. The fourth-order valence-electron chi connectivity index (χ4n) is 6.67. The van der Waals surface area contributed by atoms with Gasteiger partial charge in [-0.05, 0) is 96.4 Å². The molecule has 45 heavy (non-hydrogen) atoms. The summed E-state index contributed by atoms with van der Waals surface area (Å²) in [5.41, 5.74) is 8.10. The smallest absolute Gasteiger partial charge is 0.136 e. The molecule has 0 saturated carbocycles. The zero-order chi connectivity index (χ0) is 33.2. The molecule has 0 aliphatic heterocycles. The molecule has 0 saturated heterocycles. The molecule has 9 rings (SSSR count). The molecule has 0 aliphatic rings. The van der Waals surface area contributed by atoms with Crippen LogP contribution in [0.1, 0.15) is 5.48 Å². The Morgan fingerprint density at radius 3 is 1.53 bits per heavy atom. The summed E-state index contributed by atoms with van der Waals surface area (Å²) in [5.74, 6) is 0. The van der Waals surface area contributed by atoms with Gasteiger partial charge in [0.25, 0.3) is 0 Å². The number of hydrogen-bond donors (Lipinski definition) is 0. The summed E-state index contributed by atoms with van der Waals surface area (Å²) < 4.78 is 42.6. The Morgan fingerprint density at radius 1 is 0.356 bits per heavy atom. The first kappa shape index (κ1) is 21.7. The van der Waals surface area contributed by atoms with Gasteiger partial charge < -0.3 is 4.42 Å². The summed E-state index contributed by atoms with van der Waals surface area (Å²) in [6.45, 7) is 0. The van der Waals surface area contributed by atoms with Crippen molar-refractivity contribution in [2.24, 2.45) is 0 Å². The standard InChI is InChI=1S/C44H28O/c1-3-12-29(13-4-1)31-16-11-17-33(26-31)43-36-18-7-9-20-38(36)44(39-21-10-8-19-37(39)43)34-22-24-35-40-27-32(30-14-5-2-6-15-30)23-25-41(40)45-42(35)28-34/h1-28H/i11D,16D,17D,26D. The molecular weight excluding hydrogens is 544 g/mol. The fourth-order valence-corrected chi connectivity index (χ4v) is 6.67. The molecule has 0 unspecified atom stereocenters. The predicted octanol–water partition coefficient (Wildman–Crippen LogP) is 12.6. The van der Waals surface area contributed by atoms with Crippen LogP contribution in [0.15, 0.2) is 174 Å². The van der Waals surface area contributed by atoms with Crippen LogP contribution in [-0.4, -0.2) is 0 Å². The summed E-state index contributed by atoms with van der Waals surface area (Å²) in [4.78, 5) is 0. The maximum absolute atomic E-state index is 9.45. The van der Waals surface area contributed by atoms with E-state index in [9.17, 15) is 1.37 Å². The van der Waals surface area contributed by atoms with Crippen LogP contribution in [0.4, 0.5) is 0 Å². The molecule has 1 aromatic heterocycles. The van der Waals surface area contributed by atoms with Gasteiger partial charge in [-0.3, -0.25) is 0 Å². The molecule has 0 bridgehead atoms. The minimum atomic E-state index is -0.187. The molecule has 1 nitrogen and oxygen atoms in total. The molecule has 1 heterocycles. The van der Waals surface area contributed by atoms with Crippen molar-refractivity contribution in [2.75, 3.05) is 0 Å². The predicted molar refractivity (Wildman–Crippen MR) is 190 cm³/mol. The third kappa shape index (κ3) is 4.24. The topological polar surface area (TPSA) is 13.1 Å². The second kappa shape index (κ2) is 10.4. The Balaban J connectivity index is 1.31. The summed E-state index contributed by atoms with van der Waals surface area (Å²) in [6.07, 6.45) is 0. The van der Waals surface area contributed by atoms with Crippen molar-refractivity contribution in [1.29, 1.82) is 0 Å². The normalized spacial score (nSPS) is 12.8. The molecule has 0 aliphatic carbocycles. The van der Waals surface area contributed by atoms with E-state index in [1.54, 1.807) is 0 Å². The number of hydrogen-bond acceptors (Lipinski definition) is 1. The molecule has 0 radical (unpaired) electrons. The Kier molecular flexibility index (Phi) is 5.00. The van der Waals surface area contributed by atoms with Crippen LogP contribution in [0, 0.1) is 0 Å². The largest absolute Gasteiger partial charge is 0.456 e. The van der Waals surface area contributed by atoms with Crippen molar-refractivity contribution in [2.45, 2.75) is 0 Å². The number of rotatable bonds is 4. The summed E-state index contributed by atoms with van der Waals surface area (Å²) in [7, 11) is 0. The minimum absolute atomic E-state index is 0.0822. The Labute approximate surface area is 267 Å². The first-order valence-corrected chi connectivity index (χ1v) is 15.1. The van der Waals surface area contributed by atoms with Crippen LogP contribution in [0.5, 0.6) is 0 Å². The van der Waals surface area contributed by atoms with E-state index in [1.807, 2.05) is 91.0 Å². The molecular formula is C44H28O. The van der Waals surface area contributed by atoms with Gasteiger partial charge in [-0.25, -0.2) is 0 Å². The molecule has 0 spiro atoms. The average Bonchev–Trinajstić information content (AvgIpc) is 3.52. The van der Waals surface area contributed by atoms with Gasteiger partial charge in [0.1, 0.15) is 11.2 Å². The summed E-state index contributed by atoms with van der Waals surface area (Å²) in [5, 5.41) is 5.82. The van der Waals surface area contributed by atoms with Crippen LogP contribution >= 0.6 is 0 Å². The maximum atomic E-state index is 9.45. The van der Waals surface area contributed by atoms with E-state index in [-0.39, 0.29) is 24.2 Å². The van der Waals surface area contributed by atoms with Gasteiger partial charge in [0.15, 0.2) is 0 Å². The van der Waals surface area contributed by atoms with Crippen molar-refractivity contribution in [3.8, 4) is 44.5 Å². The second-order valence-corrected chi connectivity index (χ2v) is 11.3. The summed E-state index contributed by atoms with van der Waals surface area (Å²) in [6, 6.07) is 48.3. The molecule has 1 heteroatoms. The highest BCUT2D eigenvalue weighted by molar-refractivity contribution is 6.22. The van der Waals surface area contributed by atoms with Crippen molar-refractivity contribution >= 4 is 43.5 Å². The van der Waals surface area contributed by atoms with E-state index in [0.717, 1.165) is 71.3 Å². The van der Waals surface area contributed by atoms with Crippen LogP contribution in [0.2, 0.25) is 0 Å². The first-order valence-electron chi connectivity index (χ1n) is 17.1. The average molecular weight is 577 g/mol. The van der Waals surface area contributed by atoms with Gasteiger partial charge in [0, 0.05) is 10.8 Å². The molecule has 210 valence electrons. The van der Waals surface area contributed by atoms with Crippen molar-refractivity contribution in [3.05, 3.63) is 170 Å². The SMILES string of the molecule is [2H]c1c([2H])c(-c2ccccc2)c([2H])c(-c2c3ccccc3c(-c3ccc4c(c3)oc3ccc(-c5ccccc5)cc34)c3ccccc23)c1[2H]. The summed E-state index contributed by atoms with van der Waals surface area (Å²) >= 11 is 0. The Hall–Kier alpha value is -5.92.